The third-order valence-corrected chi connectivity index (χ3v) is 4.49. The molecule has 1 aromatic carbocycles. The molecule has 0 radical (unpaired) electrons. The van der Waals surface area contributed by atoms with Gasteiger partial charge in [0.15, 0.2) is 0 Å². The lowest BCUT2D eigenvalue weighted by atomic mass is 10.2. The quantitative estimate of drug-likeness (QED) is 0.838. The molecule has 2 aromatic rings. The zero-order valence-electron chi connectivity index (χ0n) is 11.5. The Morgan fingerprint density at radius 3 is 2.52 bits per heavy atom. The second-order valence-corrected chi connectivity index (χ2v) is 6.71. The summed E-state index contributed by atoms with van der Waals surface area (Å²) in [6.45, 7) is 2.34. The molecule has 1 saturated carbocycles. The number of hydrogen-bond donors (Lipinski definition) is 2. The van der Waals surface area contributed by atoms with Crippen molar-refractivity contribution in [1.82, 2.24) is 15.5 Å². The highest BCUT2D eigenvalue weighted by Gasteiger charge is 2.20. The lowest BCUT2D eigenvalue weighted by Crippen LogP contribution is -2.16. The first-order chi connectivity index (χ1) is 10.0. The number of aromatic nitrogens is 2. The van der Waals surface area contributed by atoms with Crippen LogP contribution in [0, 0.1) is 6.92 Å². The van der Waals surface area contributed by atoms with E-state index in [1.165, 1.54) is 12.8 Å². The number of sulfonamides is 1. The van der Waals surface area contributed by atoms with Gasteiger partial charge in [-0.15, -0.1) is 5.10 Å². The van der Waals surface area contributed by atoms with Crippen molar-refractivity contribution < 1.29 is 12.8 Å². The van der Waals surface area contributed by atoms with Crippen LogP contribution in [-0.2, 0) is 16.6 Å². The minimum Gasteiger partial charge on any atom is -0.408 e. The average molecular weight is 308 g/mol. The Labute approximate surface area is 122 Å². The Morgan fingerprint density at radius 1 is 1.24 bits per heavy atom. The standard InChI is InChI=1S/C13H16N4O3S/c1-9-15-16-13(20-9)17-21(18,19)12-6-2-10(3-7-12)8-14-11-4-5-11/h2-3,6-7,11,14H,4-5,8H2,1H3,(H,16,17). The number of aryl methyl sites for hydroxylation is 1. The highest BCUT2D eigenvalue weighted by atomic mass is 32.2. The van der Waals surface area contributed by atoms with Crippen LogP contribution >= 0.6 is 0 Å². The fourth-order valence-corrected chi connectivity index (χ4v) is 2.77. The lowest BCUT2D eigenvalue weighted by molar-refractivity contribution is 0.534. The van der Waals surface area contributed by atoms with Gasteiger partial charge >= 0.3 is 6.01 Å². The van der Waals surface area contributed by atoms with Crippen molar-refractivity contribution in [3.8, 4) is 0 Å². The molecular weight excluding hydrogens is 292 g/mol. The minimum atomic E-state index is -3.70. The van der Waals surface area contributed by atoms with E-state index in [4.69, 9.17) is 4.42 Å². The molecule has 1 fully saturated rings. The molecule has 1 aliphatic carbocycles. The third kappa shape index (κ3) is 3.59. The van der Waals surface area contributed by atoms with E-state index >= 15 is 0 Å². The van der Waals surface area contributed by atoms with Crippen molar-refractivity contribution in [3.63, 3.8) is 0 Å². The van der Waals surface area contributed by atoms with Crippen LogP contribution in [0.4, 0.5) is 6.01 Å². The van der Waals surface area contributed by atoms with Crippen molar-refractivity contribution in [2.24, 2.45) is 0 Å². The molecule has 0 saturated heterocycles. The first-order valence-corrected chi connectivity index (χ1v) is 8.16. The average Bonchev–Trinajstić information content (AvgIpc) is 3.20. The fourth-order valence-electron chi connectivity index (χ4n) is 1.85. The molecular formula is C13H16N4O3S. The summed E-state index contributed by atoms with van der Waals surface area (Å²) in [5, 5.41) is 10.6. The Kier molecular flexibility index (Phi) is 3.64. The van der Waals surface area contributed by atoms with Crippen LogP contribution in [-0.4, -0.2) is 24.7 Å². The summed E-state index contributed by atoms with van der Waals surface area (Å²) < 4.78 is 31.6. The van der Waals surface area contributed by atoms with Crippen molar-refractivity contribution in [2.45, 2.75) is 37.2 Å². The maximum atomic E-state index is 12.1. The molecule has 0 atom stereocenters. The molecule has 112 valence electrons. The number of nitrogens with one attached hydrogen (secondary N) is 2. The summed E-state index contributed by atoms with van der Waals surface area (Å²) in [6, 6.07) is 7.21. The summed E-state index contributed by atoms with van der Waals surface area (Å²) >= 11 is 0. The molecule has 0 spiro atoms. The van der Waals surface area contributed by atoms with Gasteiger partial charge in [-0.25, -0.2) is 13.1 Å². The fraction of sp³-hybridized carbons (Fsp3) is 0.385. The van der Waals surface area contributed by atoms with Gasteiger partial charge in [0.2, 0.25) is 5.89 Å². The largest absolute Gasteiger partial charge is 0.408 e. The van der Waals surface area contributed by atoms with Crippen molar-refractivity contribution in [3.05, 3.63) is 35.7 Å². The molecule has 0 bridgehead atoms. The zero-order chi connectivity index (χ0) is 14.9. The molecule has 1 aromatic heterocycles. The number of nitrogens with zero attached hydrogens (tertiary/aromatic N) is 2. The number of rotatable bonds is 6. The summed E-state index contributed by atoms with van der Waals surface area (Å²) in [6.07, 6.45) is 2.44. The van der Waals surface area contributed by atoms with Gasteiger partial charge in [0.1, 0.15) is 0 Å². The zero-order valence-corrected chi connectivity index (χ0v) is 12.4. The predicted octanol–water partition coefficient (Wildman–Crippen LogP) is 1.43. The monoisotopic (exact) mass is 308 g/mol. The Balaban J connectivity index is 1.69. The summed E-state index contributed by atoms with van der Waals surface area (Å²) in [5.41, 5.74) is 1.05. The van der Waals surface area contributed by atoms with Crippen molar-refractivity contribution >= 4 is 16.0 Å². The van der Waals surface area contributed by atoms with E-state index in [-0.39, 0.29) is 10.9 Å². The van der Waals surface area contributed by atoms with E-state index in [1.807, 2.05) is 0 Å². The van der Waals surface area contributed by atoms with Gasteiger partial charge in [-0.3, -0.25) is 0 Å². The van der Waals surface area contributed by atoms with Crippen molar-refractivity contribution in [2.75, 3.05) is 4.72 Å². The van der Waals surface area contributed by atoms with Crippen LogP contribution < -0.4 is 10.0 Å². The van der Waals surface area contributed by atoms with Crippen LogP contribution in [0.15, 0.2) is 33.6 Å². The van der Waals surface area contributed by atoms with Gasteiger partial charge in [-0.1, -0.05) is 17.2 Å². The highest BCUT2D eigenvalue weighted by molar-refractivity contribution is 7.92. The van der Waals surface area contributed by atoms with E-state index < -0.39 is 10.0 Å². The van der Waals surface area contributed by atoms with Gasteiger partial charge in [-0.2, -0.15) is 0 Å². The first kappa shape index (κ1) is 14.0. The Hall–Kier alpha value is -1.93. The molecule has 2 N–H and O–H groups in total. The van der Waals surface area contributed by atoms with Gasteiger partial charge in [-0.05, 0) is 30.5 Å². The van der Waals surface area contributed by atoms with Crippen LogP contribution in [0.3, 0.4) is 0 Å². The summed E-state index contributed by atoms with van der Waals surface area (Å²) in [7, 11) is -3.70. The van der Waals surface area contributed by atoms with Crippen LogP contribution in [0.5, 0.6) is 0 Å². The van der Waals surface area contributed by atoms with E-state index in [1.54, 1.807) is 31.2 Å². The molecule has 1 aliphatic rings. The first-order valence-electron chi connectivity index (χ1n) is 6.68. The molecule has 3 rings (SSSR count). The van der Waals surface area contributed by atoms with Gasteiger partial charge in [0, 0.05) is 19.5 Å². The lowest BCUT2D eigenvalue weighted by Gasteiger charge is -2.06. The number of benzene rings is 1. The third-order valence-electron chi connectivity index (χ3n) is 3.15. The SMILES string of the molecule is Cc1nnc(NS(=O)(=O)c2ccc(CNC3CC3)cc2)o1. The topological polar surface area (TPSA) is 97.1 Å². The Bertz CT molecular complexity index is 720. The second-order valence-electron chi connectivity index (χ2n) is 5.03. The van der Waals surface area contributed by atoms with Crippen molar-refractivity contribution in [1.29, 1.82) is 0 Å². The number of hydrogen-bond acceptors (Lipinski definition) is 6. The van der Waals surface area contributed by atoms with Crippen LogP contribution in [0.1, 0.15) is 24.3 Å². The molecule has 0 aliphatic heterocycles. The Morgan fingerprint density at radius 2 is 1.95 bits per heavy atom. The molecule has 21 heavy (non-hydrogen) atoms. The molecule has 1 heterocycles. The summed E-state index contributed by atoms with van der Waals surface area (Å²) in [4.78, 5) is 0.161. The predicted molar refractivity (Wildman–Crippen MR) is 76.1 cm³/mol. The minimum absolute atomic E-state index is 0.132. The van der Waals surface area contributed by atoms with E-state index in [2.05, 4.69) is 20.2 Å². The summed E-state index contributed by atoms with van der Waals surface area (Å²) in [5.74, 6) is 0.300. The smallest absolute Gasteiger partial charge is 0.329 e. The highest BCUT2D eigenvalue weighted by Crippen LogP contribution is 2.20. The van der Waals surface area contributed by atoms with Gasteiger partial charge < -0.3 is 9.73 Å². The molecule has 0 amide bonds. The van der Waals surface area contributed by atoms with E-state index in [9.17, 15) is 8.42 Å². The molecule has 7 nitrogen and oxygen atoms in total. The van der Waals surface area contributed by atoms with Crippen LogP contribution in [0.2, 0.25) is 0 Å². The van der Waals surface area contributed by atoms with Crippen LogP contribution in [0.25, 0.3) is 0 Å². The maximum Gasteiger partial charge on any atom is 0.329 e. The number of anilines is 1. The van der Waals surface area contributed by atoms with Gasteiger partial charge in [0.05, 0.1) is 4.90 Å². The van der Waals surface area contributed by atoms with E-state index in [0.29, 0.717) is 11.9 Å². The maximum absolute atomic E-state index is 12.1. The second kappa shape index (κ2) is 5.45. The molecule has 8 heteroatoms. The van der Waals surface area contributed by atoms with E-state index in [0.717, 1.165) is 12.1 Å². The molecule has 0 unspecified atom stereocenters. The normalized spacial score (nSPS) is 15.1. The van der Waals surface area contributed by atoms with Gasteiger partial charge in [0.25, 0.3) is 10.0 Å².